The van der Waals surface area contributed by atoms with Gasteiger partial charge in [-0.25, -0.2) is 18.4 Å². The molecule has 1 aromatic carbocycles. The first-order valence-electron chi connectivity index (χ1n) is 14.1. The molecule has 1 atom stereocenters. The van der Waals surface area contributed by atoms with E-state index >= 15 is 0 Å². The van der Waals surface area contributed by atoms with Crippen LogP contribution in [0.1, 0.15) is 48.8 Å². The number of nitrogens with zero attached hydrogens (tertiary/aromatic N) is 4. The van der Waals surface area contributed by atoms with Gasteiger partial charge in [0.25, 0.3) is 12.3 Å². The number of amidine groups is 1. The topological polar surface area (TPSA) is 94.7 Å². The quantitative estimate of drug-likeness (QED) is 0.181. The van der Waals surface area contributed by atoms with Gasteiger partial charge in [-0.1, -0.05) is 0 Å². The van der Waals surface area contributed by atoms with Crippen LogP contribution >= 0.6 is 0 Å². The molecule has 4 aliphatic heterocycles. The van der Waals surface area contributed by atoms with E-state index in [4.69, 9.17) is 5.73 Å². The van der Waals surface area contributed by atoms with Crippen molar-refractivity contribution in [2.24, 2.45) is 5.73 Å². The Bertz CT molecular complexity index is 1180. The van der Waals surface area contributed by atoms with Crippen molar-refractivity contribution in [2.75, 3.05) is 67.1 Å². The van der Waals surface area contributed by atoms with Gasteiger partial charge in [0.2, 0.25) is 0 Å². The summed E-state index contributed by atoms with van der Waals surface area (Å²) >= 11 is 0. The summed E-state index contributed by atoms with van der Waals surface area (Å²) in [6.45, 7) is 4.15. The molecule has 1 saturated heterocycles. The standard InChI is InChI=1S/C28H42F2N8O/c1-32-18-38(39)12-8-25(34-21-6-9-33-10-7-21)24(17-38)28(31)37-11-4-5-19-13-22(20-15-35(2)36(3)16-20)23(27(29)30)14-26(19)37/h13-15,21,27,32-33H,4-12,16-18H2,1-3H3,(H2,31,34)/p+1. The molecule has 0 spiro atoms. The van der Waals surface area contributed by atoms with Crippen LogP contribution in [0.4, 0.5) is 14.5 Å². The lowest BCUT2D eigenvalue weighted by molar-refractivity contribution is -0.879. The molecule has 5 N–H and O–H groups in total. The number of fused-ring (bicyclic) bond motifs is 1. The van der Waals surface area contributed by atoms with Crippen LogP contribution in [-0.4, -0.2) is 98.2 Å². The Hall–Kier alpha value is -2.57. The van der Waals surface area contributed by atoms with E-state index in [1.54, 1.807) is 13.1 Å². The van der Waals surface area contributed by atoms with Crippen molar-refractivity contribution in [3.8, 4) is 0 Å². The molecule has 0 bridgehead atoms. The molecule has 5 rings (SSSR count). The number of nitrogens with one attached hydrogen (secondary N) is 3. The second kappa shape index (κ2) is 11.5. The van der Waals surface area contributed by atoms with Crippen molar-refractivity contribution in [2.45, 2.75) is 44.6 Å². The number of nitrogens with two attached hydrogens (primary N) is 1. The van der Waals surface area contributed by atoms with Crippen molar-refractivity contribution in [3.63, 3.8) is 0 Å². The lowest BCUT2D eigenvalue weighted by atomic mass is 9.92. The van der Waals surface area contributed by atoms with Gasteiger partial charge in [-0.2, -0.15) is 0 Å². The summed E-state index contributed by atoms with van der Waals surface area (Å²) < 4.78 is 30.5. The minimum Gasteiger partial charge on any atom is -0.632 e. The van der Waals surface area contributed by atoms with Gasteiger partial charge in [0.15, 0.2) is 0 Å². The van der Waals surface area contributed by atoms with Crippen molar-refractivity contribution < 1.29 is 18.0 Å². The van der Waals surface area contributed by atoms with E-state index in [-0.39, 0.29) is 12.1 Å². The van der Waals surface area contributed by atoms with Crippen molar-refractivity contribution in [3.05, 3.63) is 51.5 Å². The Morgan fingerprint density at radius 3 is 2.69 bits per heavy atom. The van der Waals surface area contributed by atoms with E-state index in [0.717, 1.165) is 66.9 Å². The van der Waals surface area contributed by atoms with Crippen LogP contribution in [0.25, 0.3) is 5.57 Å². The van der Waals surface area contributed by atoms with Crippen molar-refractivity contribution >= 4 is 17.1 Å². The van der Waals surface area contributed by atoms with Gasteiger partial charge in [0.1, 0.15) is 24.5 Å². The maximum atomic E-state index is 14.5. The van der Waals surface area contributed by atoms with E-state index in [1.807, 2.05) is 41.0 Å². The number of quaternary nitrogens is 1. The Labute approximate surface area is 230 Å². The number of hydrazine groups is 1. The summed E-state index contributed by atoms with van der Waals surface area (Å²) in [5.41, 5.74) is 12.0. The van der Waals surface area contributed by atoms with Crippen LogP contribution in [0.15, 0.2) is 29.6 Å². The first-order chi connectivity index (χ1) is 18.7. The number of likely N-dealkylation sites (N-methyl/N-ethyl adjacent to an activating group) is 1. The Balaban J connectivity index is 1.58. The van der Waals surface area contributed by atoms with Crippen molar-refractivity contribution in [1.82, 2.24) is 26.0 Å². The van der Waals surface area contributed by atoms with Gasteiger partial charge in [0.05, 0.1) is 13.1 Å². The number of benzene rings is 1. The number of piperidine rings is 1. The monoisotopic (exact) mass is 545 g/mol. The zero-order chi connectivity index (χ0) is 27.7. The number of hydroxylamine groups is 3. The smallest absolute Gasteiger partial charge is 0.283 e. The third-order valence-corrected chi connectivity index (χ3v) is 8.57. The molecule has 0 amide bonds. The molecule has 9 nitrogen and oxygen atoms in total. The molecule has 4 aliphatic rings. The van der Waals surface area contributed by atoms with Gasteiger partial charge in [-0.05, 0) is 74.7 Å². The SMILES string of the molecule is CNC[N+]1([O-])CCC(NC2CCNCC2)=C(C(N)=[N+]2CCCc3cc(C4=CN(C)N(C)C4)c(C(F)F)cc32)C1. The number of rotatable bonds is 7. The minimum absolute atomic E-state index is 0.0261. The van der Waals surface area contributed by atoms with E-state index in [0.29, 0.717) is 50.2 Å². The van der Waals surface area contributed by atoms with Crippen LogP contribution in [0.5, 0.6) is 0 Å². The summed E-state index contributed by atoms with van der Waals surface area (Å²) in [6.07, 6.45) is 3.61. The molecule has 4 heterocycles. The highest BCUT2D eigenvalue weighted by molar-refractivity contribution is 5.95. The number of alkyl halides is 2. The van der Waals surface area contributed by atoms with Crippen LogP contribution < -0.4 is 21.7 Å². The molecular weight excluding hydrogens is 502 g/mol. The summed E-state index contributed by atoms with van der Waals surface area (Å²) in [6, 6.07) is 3.90. The van der Waals surface area contributed by atoms with E-state index < -0.39 is 11.1 Å². The summed E-state index contributed by atoms with van der Waals surface area (Å²) in [5.74, 6) is 0.508. The van der Waals surface area contributed by atoms with Gasteiger partial charge >= 0.3 is 0 Å². The van der Waals surface area contributed by atoms with Gasteiger partial charge in [-0.3, -0.25) is 11.1 Å². The van der Waals surface area contributed by atoms with Gasteiger partial charge in [0, 0.05) is 50.6 Å². The van der Waals surface area contributed by atoms with Crippen LogP contribution in [0.2, 0.25) is 0 Å². The minimum atomic E-state index is -2.61. The molecule has 214 valence electrons. The number of aryl methyl sites for hydroxylation is 1. The molecule has 0 aliphatic carbocycles. The third-order valence-electron chi connectivity index (χ3n) is 8.57. The van der Waals surface area contributed by atoms with Gasteiger partial charge in [-0.15, -0.1) is 0 Å². The Morgan fingerprint density at radius 2 is 2.03 bits per heavy atom. The highest BCUT2D eigenvalue weighted by Gasteiger charge is 2.35. The zero-order valence-corrected chi connectivity index (χ0v) is 23.4. The fraction of sp³-hybridized carbons (Fsp3) is 0.607. The fourth-order valence-corrected chi connectivity index (χ4v) is 6.36. The summed E-state index contributed by atoms with van der Waals surface area (Å²) in [5, 5.41) is 27.7. The molecule has 1 fully saturated rings. The van der Waals surface area contributed by atoms with E-state index in [9.17, 15) is 14.0 Å². The zero-order valence-electron chi connectivity index (χ0n) is 23.4. The van der Waals surface area contributed by atoms with E-state index in [1.165, 1.54) is 0 Å². The predicted molar refractivity (Wildman–Crippen MR) is 150 cm³/mol. The summed E-state index contributed by atoms with van der Waals surface area (Å²) in [7, 11) is 5.65. The first kappa shape index (κ1) is 28.0. The highest BCUT2D eigenvalue weighted by Crippen LogP contribution is 2.38. The average Bonchev–Trinajstić information content (AvgIpc) is 3.26. The molecular formula is C28H43F2N8O+. The maximum Gasteiger partial charge on any atom is 0.283 e. The predicted octanol–water partition coefficient (Wildman–Crippen LogP) is 2.20. The first-order valence-corrected chi connectivity index (χ1v) is 14.1. The second-order valence-electron chi connectivity index (χ2n) is 11.4. The lowest BCUT2D eigenvalue weighted by Crippen LogP contribution is -2.55. The maximum absolute atomic E-state index is 14.5. The van der Waals surface area contributed by atoms with E-state index in [2.05, 4.69) is 16.0 Å². The summed E-state index contributed by atoms with van der Waals surface area (Å²) in [4.78, 5) is 0. The average molecular weight is 546 g/mol. The lowest BCUT2D eigenvalue weighted by Gasteiger charge is -2.46. The highest BCUT2D eigenvalue weighted by atomic mass is 19.3. The normalized spacial score (nSPS) is 26.2. The van der Waals surface area contributed by atoms with Crippen LogP contribution in [-0.2, 0) is 6.42 Å². The number of hydrogen-bond donors (Lipinski definition) is 4. The Kier molecular flexibility index (Phi) is 8.25. The fourth-order valence-electron chi connectivity index (χ4n) is 6.36. The third kappa shape index (κ3) is 5.83. The molecule has 39 heavy (non-hydrogen) atoms. The Morgan fingerprint density at radius 1 is 1.26 bits per heavy atom. The number of hydrogen-bond acceptors (Lipinski definition) is 6. The van der Waals surface area contributed by atoms with Crippen LogP contribution in [0.3, 0.4) is 0 Å². The van der Waals surface area contributed by atoms with Gasteiger partial charge < -0.3 is 25.5 Å². The van der Waals surface area contributed by atoms with Crippen LogP contribution in [0, 0.1) is 5.21 Å². The second-order valence-corrected chi connectivity index (χ2v) is 11.4. The molecule has 0 saturated carbocycles. The molecule has 1 aromatic rings. The molecule has 0 aromatic heterocycles. The molecule has 1 unspecified atom stereocenters. The molecule has 11 heteroatoms. The molecule has 0 radical (unpaired) electrons. The van der Waals surface area contributed by atoms with Crippen molar-refractivity contribution in [1.29, 1.82) is 0 Å². The largest absolute Gasteiger partial charge is 0.632 e. The number of halogens is 2.